The van der Waals surface area contributed by atoms with Crippen molar-refractivity contribution in [3.63, 3.8) is 0 Å². The van der Waals surface area contributed by atoms with Gasteiger partial charge in [-0.25, -0.2) is 0 Å². The highest BCUT2D eigenvalue weighted by Crippen LogP contribution is 2.18. The minimum Gasteiger partial charge on any atom is -0.481 e. The molecule has 1 atom stereocenters. The van der Waals surface area contributed by atoms with Gasteiger partial charge in [-0.3, -0.25) is 9.59 Å². The highest BCUT2D eigenvalue weighted by Gasteiger charge is 2.28. The molecule has 0 aliphatic carbocycles. The Morgan fingerprint density at radius 2 is 2.47 bits per heavy atom. The zero-order valence-corrected chi connectivity index (χ0v) is 8.17. The van der Waals surface area contributed by atoms with Crippen LogP contribution < -0.4 is 0 Å². The van der Waals surface area contributed by atoms with Crippen LogP contribution >= 0.6 is 0 Å². The molecule has 1 unspecified atom stereocenters. The predicted molar refractivity (Wildman–Crippen MR) is 51.0 cm³/mol. The van der Waals surface area contributed by atoms with Crippen molar-refractivity contribution >= 4 is 11.9 Å². The molecule has 0 saturated carbocycles. The van der Waals surface area contributed by atoms with Crippen molar-refractivity contribution in [3.05, 3.63) is 10.4 Å². The second-order valence-electron chi connectivity index (χ2n) is 3.47. The number of amides is 1. The number of nitrogens with zero attached hydrogens (tertiary/aromatic N) is 4. The minimum absolute atomic E-state index is 0.0298. The maximum Gasteiger partial charge on any atom is 0.305 e. The second-order valence-corrected chi connectivity index (χ2v) is 3.47. The number of carbonyl (C=O) groups excluding carboxylic acids is 1. The van der Waals surface area contributed by atoms with E-state index in [1.54, 1.807) is 0 Å². The third-order valence-electron chi connectivity index (χ3n) is 2.29. The normalized spacial score (nSPS) is 20.1. The summed E-state index contributed by atoms with van der Waals surface area (Å²) in [5.74, 6) is -0.946. The summed E-state index contributed by atoms with van der Waals surface area (Å²) in [5.41, 5.74) is 8.12. The van der Waals surface area contributed by atoms with E-state index in [2.05, 4.69) is 10.0 Å². The lowest BCUT2D eigenvalue weighted by molar-refractivity contribution is -0.137. The van der Waals surface area contributed by atoms with Gasteiger partial charge in [-0.15, -0.1) is 0 Å². The fraction of sp³-hybridized carbons (Fsp3) is 0.750. The van der Waals surface area contributed by atoms with Crippen LogP contribution in [0.4, 0.5) is 0 Å². The lowest BCUT2D eigenvalue weighted by Crippen LogP contribution is -2.28. The zero-order chi connectivity index (χ0) is 11.3. The van der Waals surface area contributed by atoms with E-state index in [9.17, 15) is 9.59 Å². The first-order chi connectivity index (χ1) is 7.13. The van der Waals surface area contributed by atoms with Gasteiger partial charge in [0.25, 0.3) is 0 Å². The molecule has 0 aromatic carbocycles. The van der Waals surface area contributed by atoms with Gasteiger partial charge in [0.15, 0.2) is 0 Å². The fourth-order valence-electron chi connectivity index (χ4n) is 1.57. The molecule has 1 saturated heterocycles. The van der Waals surface area contributed by atoms with E-state index in [0.717, 1.165) is 0 Å². The van der Waals surface area contributed by atoms with Gasteiger partial charge < -0.3 is 10.0 Å². The van der Waals surface area contributed by atoms with E-state index < -0.39 is 5.97 Å². The Labute approximate surface area is 86.3 Å². The lowest BCUT2D eigenvalue weighted by atomic mass is 10.1. The molecule has 1 fully saturated rings. The molecule has 1 aliphatic heterocycles. The minimum atomic E-state index is -0.915. The van der Waals surface area contributed by atoms with Gasteiger partial charge in [-0.1, -0.05) is 5.11 Å². The van der Waals surface area contributed by atoms with E-state index in [0.29, 0.717) is 19.5 Å². The molecule has 0 aromatic rings. The predicted octanol–water partition coefficient (Wildman–Crippen LogP) is 0.620. The number of hydrogen-bond donors (Lipinski definition) is 1. The molecular weight excluding hydrogens is 200 g/mol. The van der Waals surface area contributed by atoms with Crippen LogP contribution in [0.2, 0.25) is 0 Å². The van der Waals surface area contributed by atoms with Crippen LogP contribution in [0, 0.1) is 5.92 Å². The van der Waals surface area contributed by atoms with Crippen molar-refractivity contribution in [3.8, 4) is 0 Å². The highest BCUT2D eigenvalue weighted by atomic mass is 16.4. The van der Waals surface area contributed by atoms with E-state index in [4.69, 9.17) is 10.6 Å². The number of likely N-dealkylation sites (tertiary alicyclic amines) is 1. The summed E-state index contributed by atoms with van der Waals surface area (Å²) in [7, 11) is 0. The van der Waals surface area contributed by atoms with Crippen molar-refractivity contribution in [2.24, 2.45) is 11.0 Å². The molecule has 0 aromatic heterocycles. The molecule has 1 rings (SSSR count). The smallest absolute Gasteiger partial charge is 0.305 e. The first kappa shape index (κ1) is 11.3. The summed E-state index contributed by atoms with van der Waals surface area (Å²) >= 11 is 0. The van der Waals surface area contributed by atoms with Gasteiger partial charge in [0.2, 0.25) is 5.91 Å². The number of carbonyl (C=O) groups is 2. The van der Waals surface area contributed by atoms with Crippen LogP contribution in [0.3, 0.4) is 0 Å². The average Bonchev–Trinajstić information content (AvgIpc) is 2.53. The Hall–Kier alpha value is -1.75. The molecule has 1 heterocycles. The Bertz CT molecular complexity index is 311. The van der Waals surface area contributed by atoms with Gasteiger partial charge in [-0.05, 0) is 11.4 Å². The summed E-state index contributed by atoms with van der Waals surface area (Å²) in [6, 6.07) is 0. The molecule has 1 aliphatic rings. The van der Waals surface area contributed by atoms with Crippen molar-refractivity contribution in [1.29, 1.82) is 0 Å². The van der Waals surface area contributed by atoms with Crippen LogP contribution in [0.5, 0.6) is 0 Å². The summed E-state index contributed by atoms with van der Waals surface area (Å²) in [5, 5.41) is 11.9. The first-order valence-corrected chi connectivity index (χ1v) is 4.64. The zero-order valence-electron chi connectivity index (χ0n) is 8.17. The van der Waals surface area contributed by atoms with Crippen LogP contribution in [-0.2, 0) is 9.59 Å². The monoisotopic (exact) mass is 212 g/mol. The number of hydrogen-bond acceptors (Lipinski definition) is 3. The molecule has 1 N–H and O–H groups in total. The highest BCUT2D eigenvalue weighted by molar-refractivity contribution is 5.79. The van der Waals surface area contributed by atoms with Gasteiger partial charge in [0.05, 0.1) is 6.42 Å². The van der Waals surface area contributed by atoms with Gasteiger partial charge >= 0.3 is 5.97 Å². The molecule has 1 amide bonds. The maximum absolute atomic E-state index is 11.4. The quantitative estimate of drug-likeness (QED) is 0.410. The second kappa shape index (κ2) is 5.21. The molecule has 0 spiro atoms. The molecular formula is C8H12N4O3. The third kappa shape index (κ3) is 3.47. The van der Waals surface area contributed by atoms with E-state index >= 15 is 0 Å². The van der Waals surface area contributed by atoms with E-state index in [1.165, 1.54) is 4.90 Å². The number of rotatable bonds is 5. The largest absolute Gasteiger partial charge is 0.481 e. The topological polar surface area (TPSA) is 106 Å². The SMILES string of the molecule is [N-]=[N+]=NCC1CC(=O)N(CCC(=O)O)C1. The van der Waals surface area contributed by atoms with Crippen LogP contribution in [-0.4, -0.2) is 41.5 Å². The molecule has 82 valence electrons. The molecule has 0 radical (unpaired) electrons. The van der Waals surface area contributed by atoms with Crippen molar-refractivity contribution in [2.45, 2.75) is 12.8 Å². The van der Waals surface area contributed by atoms with Crippen LogP contribution in [0.15, 0.2) is 5.11 Å². The standard InChI is InChI=1S/C8H12N4O3/c9-11-10-4-6-3-7(13)12(5-6)2-1-8(14)15/h6H,1-5H2,(H,14,15). The summed E-state index contributed by atoms with van der Waals surface area (Å²) in [6.45, 7) is 1.03. The number of carboxylic acid groups (broad SMARTS) is 1. The van der Waals surface area contributed by atoms with E-state index in [-0.39, 0.29) is 24.8 Å². The summed E-state index contributed by atoms with van der Waals surface area (Å²) in [6.07, 6.45) is 0.304. The Balaban J connectivity index is 2.38. The van der Waals surface area contributed by atoms with Crippen molar-refractivity contribution < 1.29 is 14.7 Å². The first-order valence-electron chi connectivity index (χ1n) is 4.64. The summed E-state index contributed by atoms with van der Waals surface area (Å²) < 4.78 is 0. The molecule has 0 bridgehead atoms. The maximum atomic E-state index is 11.4. The number of aliphatic carboxylic acids is 1. The van der Waals surface area contributed by atoms with Crippen molar-refractivity contribution in [1.82, 2.24) is 4.90 Å². The van der Waals surface area contributed by atoms with Crippen LogP contribution in [0.25, 0.3) is 10.4 Å². The van der Waals surface area contributed by atoms with Crippen LogP contribution in [0.1, 0.15) is 12.8 Å². The van der Waals surface area contributed by atoms with E-state index in [1.807, 2.05) is 0 Å². The van der Waals surface area contributed by atoms with Gasteiger partial charge in [0, 0.05) is 31.0 Å². The average molecular weight is 212 g/mol. The third-order valence-corrected chi connectivity index (χ3v) is 2.29. The Morgan fingerprint density at radius 1 is 1.73 bits per heavy atom. The van der Waals surface area contributed by atoms with Crippen molar-refractivity contribution in [2.75, 3.05) is 19.6 Å². The number of carboxylic acids is 1. The molecule has 7 nitrogen and oxygen atoms in total. The fourth-order valence-corrected chi connectivity index (χ4v) is 1.57. The molecule has 15 heavy (non-hydrogen) atoms. The molecule has 7 heteroatoms. The van der Waals surface area contributed by atoms with Gasteiger partial charge in [0.1, 0.15) is 0 Å². The lowest BCUT2D eigenvalue weighted by Gasteiger charge is -2.14. The summed E-state index contributed by atoms with van der Waals surface area (Å²) in [4.78, 5) is 25.8. The number of azide groups is 1. The Morgan fingerprint density at radius 3 is 3.07 bits per heavy atom. The Kier molecular flexibility index (Phi) is 3.93. The van der Waals surface area contributed by atoms with Gasteiger partial charge in [-0.2, -0.15) is 0 Å².